The highest BCUT2D eigenvalue weighted by Gasteiger charge is 2.62. The Morgan fingerprint density at radius 3 is 1.58 bits per heavy atom. The van der Waals surface area contributed by atoms with Gasteiger partial charge < -0.3 is 4.18 Å². The van der Waals surface area contributed by atoms with Crippen molar-refractivity contribution in [3.63, 3.8) is 0 Å². The van der Waals surface area contributed by atoms with Gasteiger partial charge in [0, 0.05) is 11.8 Å². The van der Waals surface area contributed by atoms with Gasteiger partial charge in [-0.05, 0) is 53.4 Å². The van der Waals surface area contributed by atoms with Crippen LogP contribution in [0.15, 0.2) is 102 Å². The zero-order valence-electron chi connectivity index (χ0n) is 20.4. The summed E-state index contributed by atoms with van der Waals surface area (Å²) in [6, 6.07) is 28.7. The van der Waals surface area contributed by atoms with Crippen molar-refractivity contribution in [2.24, 2.45) is 11.8 Å². The van der Waals surface area contributed by atoms with Gasteiger partial charge in [0.25, 0.3) is 0 Å². The fourth-order valence-electron chi connectivity index (χ4n) is 6.50. The molecule has 3 aliphatic carbocycles. The maximum absolute atomic E-state index is 14.1. The average molecular weight is 522 g/mol. The Kier molecular flexibility index (Phi) is 4.91. The van der Waals surface area contributed by atoms with Crippen molar-refractivity contribution >= 4 is 27.6 Å². The van der Waals surface area contributed by atoms with Crippen LogP contribution in [0.4, 0.5) is 5.69 Å². The minimum absolute atomic E-state index is 0.00501. The predicted molar refractivity (Wildman–Crippen MR) is 141 cm³/mol. The van der Waals surface area contributed by atoms with Gasteiger partial charge in [-0.2, -0.15) is 8.42 Å². The molecule has 2 amide bonds. The lowest BCUT2D eigenvalue weighted by molar-refractivity contribution is -0.122. The molecule has 4 aliphatic rings. The molecule has 4 aromatic rings. The van der Waals surface area contributed by atoms with E-state index in [4.69, 9.17) is 4.18 Å². The molecule has 38 heavy (non-hydrogen) atoms. The zero-order valence-corrected chi connectivity index (χ0v) is 21.3. The molecule has 1 aliphatic heterocycles. The SMILES string of the molecule is Cc1ccc(S(=O)(=O)Oc2ccccc2N2C(=O)C3C4c5ccccc5C(c5ccccc54)C3C2=O)cc1. The third-order valence-electron chi connectivity index (χ3n) is 8.06. The number of rotatable bonds is 4. The van der Waals surface area contributed by atoms with E-state index in [0.717, 1.165) is 32.7 Å². The highest BCUT2D eigenvalue weighted by Crippen LogP contribution is 2.61. The van der Waals surface area contributed by atoms with Crippen molar-refractivity contribution in [1.82, 2.24) is 0 Å². The number of benzene rings is 4. The molecule has 0 spiro atoms. The van der Waals surface area contributed by atoms with E-state index in [9.17, 15) is 18.0 Å². The van der Waals surface area contributed by atoms with Crippen molar-refractivity contribution in [3.05, 3.63) is 125 Å². The maximum atomic E-state index is 14.1. The Balaban J connectivity index is 1.32. The van der Waals surface area contributed by atoms with E-state index in [1.54, 1.807) is 30.3 Å². The van der Waals surface area contributed by atoms with E-state index >= 15 is 0 Å². The van der Waals surface area contributed by atoms with Gasteiger partial charge in [0.1, 0.15) is 4.90 Å². The first kappa shape index (κ1) is 22.9. The average Bonchev–Trinajstić information content (AvgIpc) is 3.19. The summed E-state index contributed by atoms with van der Waals surface area (Å²) < 4.78 is 31.7. The normalized spacial score (nSPS) is 23.1. The van der Waals surface area contributed by atoms with Gasteiger partial charge in [0.15, 0.2) is 5.75 Å². The number of nitrogens with zero attached hydrogens (tertiary/aromatic N) is 1. The fourth-order valence-corrected chi connectivity index (χ4v) is 7.44. The molecule has 4 aromatic carbocycles. The van der Waals surface area contributed by atoms with Crippen LogP contribution in [-0.4, -0.2) is 20.2 Å². The summed E-state index contributed by atoms with van der Waals surface area (Å²) in [6.45, 7) is 1.86. The number of aryl methyl sites for hydroxylation is 1. The molecule has 6 nitrogen and oxygen atoms in total. The van der Waals surface area contributed by atoms with Gasteiger partial charge in [0.2, 0.25) is 11.8 Å². The molecule has 1 heterocycles. The second-order valence-corrected chi connectivity index (χ2v) is 11.6. The van der Waals surface area contributed by atoms with Crippen molar-refractivity contribution < 1.29 is 22.2 Å². The first-order valence-corrected chi connectivity index (χ1v) is 13.9. The van der Waals surface area contributed by atoms with Gasteiger partial charge in [-0.25, -0.2) is 4.90 Å². The topological polar surface area (TPSA) is 80.8 Å². The summed E-state index contributed by atoms with van der Waals surface area (Å²) in [7, 11) is -4.19. The first-order chi connectivity index (χ1) is 18.4. The van der Waals surface area contributed by atoms with Crippen LogP contribution in [0.25, 0.3) is 0 Å². The molecule has 0 aromatic heterocycles. The number of anilines is 1. The largest absolute Gasteiger partial charge is 0.377 e. The van der Waals surface area contributed by atoms with Gasteiger partial charge in [-0.3, -0.25) is 9.59 Å². The van der Waals surface area contributed by atoms with E-state index in [-0.39, 0.29) is 40.0 Å². The van der Waals surface area contributed by atoms with Crippen LogP contribution >= 0.6 is 0 Å². The number of carbonyl (C=O) groups excluding carboxylic acids is 2. The van der Waals surface area contributed by atoms with Crippen LogP contribution in [0.5, 0.6) is 5.75 Å². The third-order valence-corrected chi connectivity index (χ3v) is 9.31. The molecule has 2 bridgehead atoms. The van der Waals surface area contributed by atoms with Crippen molar-refractivity contribution in [3.8, 4) is 5.75 Å². The van der Waals surface area contributed by atoms with Crippen LogP contribution in [0.3, 0.4) is 0 Å². The third kappa shape index (κ3) is 3.15. The van der Waals surface area contributed by atoms with Crippen molar-refractivity contribution in [2.75, 3.05) is 4.90 Å². The Morgan fingerprint density at radius 2 is 1.08 bits per heavy atom. The van der Waals surface area contributed by atoms with E-state index in [2.05, 4.69) is 0 Å². The lowest BCUT2D eigenvalue weighted by Crippen LogP contribution is -2.41. The Morgan fingerprint density at radius 1 is 0.632 bits per heavy atom. The van der Waals surface area contributed by atoms with Gasteiger partial charge in [0.05, 0.1) is 17.5 Å². The molecular formula is C31H23NO5S. The van der Waals surface area contributed by atoms with Gasteiger partial charge in [-0.1, -0.05) is 78.4 Å². The quantitative estimate of drug-likeness (QED) is 0.274. The number of amides is 2. The second kappa shape index (κ2) is 8.13. The molecular weight excluding hydrogens is 498 g/mol. The smallest absolute Gasteiger partial charge is 0.339 e. The van der Waals surface area contributed by atoms with Gasteiger partial charge >= 0.3 is 10.1 Å². The van der Waals surface area contributed by atoms with Crippen molar-refractivity contribution in [2.45, 2.75) is 23.7 Å². The van der Waals surface area contributed by atoms with E-state index in [0.29, 0.717) is 0 Å². The molecule has 0 N–H and O–H groups in total. The van der Waals surface area contributed by atoms with Crippen LogP contribution < -0.4 is 9.08 Å². The number of carbonyl (C=O) groups is 2. The Labute approximate surface area is 220 Å². The summed E-state index contributed by atoms with van der Waals surface area (Å²) >= 11 is 0. The molecule has 0 saturated carbocycles. The monoisotopic (exact) mass is 521 g/mol. The Bertz CT molecular complexity index is 1630. The first-order valence-electron chi connectivity index (χ1n) is 12.5. The molecule has 8 rings (SSSR count). The van der Waals surface area contributed by atoms with Crippen LogP contribution in [0.1, 0.15) is 39.7 Å². The molecule has 1 fully saturated rings. The summed E-state index contributed by atoms with van der Waals surface area (Å²) in [4.78, 5) is 29.3. The predicted octanol–water partition coefficient (Wildman–Crippen LogP) is 5.16. The van der Waals surface area contributed by atoms with E-state index in [1.807, 2.05) is 55.5 Å². The maximum Gasteiger partial charge on any atom is 0.339 e. The summed E-state index contributed by atoms with van der Waals surface area (Å²) in [5, 5.41) is 0. The minimum atomic E-state index is -4.19. The van der Waals surface area contributed by atoms with Crippen LogP contribution in [0.2, 0.25) is 0 Å². The lowest BCUT2D eigenvalue weighted by atomic mass is 9.55. The number of imide groups is 1. The van der Waals surface area contributed by atoms with Crippen LogP contribution in [0, 0.1) is 18.8 Å². The standard InChI is InChI=1S/C31H23NO5S/c1-18-14-16-19(17-15-18)38(35,36)37-25-13-7-6-12-24(25)32-30(33)28-26-20-8-2-3-9-21(20)27(29(28)31(32)34)23-11-5-4-10-22(23)26/h2-17,26-29H,1H3. The van der Waals surface area contributed by atoms with Crippen LogP contribution in [-0.2, 0) is 19.7 Å². The molecule has 2 unspecified atom stereocenters. The molecule has 7 heteroatoms. The molecule has 2 atom stereocenters. The summed E-state index contributed by atoms with van der Waals surface area (Å²) in [5.74, 6) is -2.36. The lowest BCUT2D eigenvalue weighted by Gasteiger charge is -2.45. The number of hydrogen-bond donors (Lipinski definition) is 0. The fraction of sp³-hybridized carbons (Fsp3) is 0.161. The highest BCUT2D eigenvalue weighted by atomic mass is 32.2. The minimum Gasteiger partial charge on any atom is -0.377 e. The summed E-state index contributed by atoms with van der Waals surface area (Å²) in [6.07, 6.45) is 0. The van der Waals surface area contributed by atoms with Crippen molar-refractivity contribution in [1.29, 1.82) is 0 Å². The number of para-hydroxylation sites is 2. The summed E-state index contributed by atoms with van der Waals surface area (Å²) in [5.41, 5.74) is 5.36. The van der Waals surface area contributed by atoms with E-state index < -0.39 is 22.0 Å². The van der Waals surface area contributed by atoms with E-state index in [1.165, 1.54) is 18.2 Å². The second-order valence-electron chi connectivity index (χ2n) is 10.1. The number of hydrogen-bond acceptors (Lipinski definition) is 5. The Hall–Kier alpha value is -4.23. The molecule has 188 valence electrons. The highest BCUT2D eigenvalue weighted by molar-refractivity contribution is 7.87. The van der Waals surface area contributed by atoms with Gasteiger partial charge in [-0.15, -0.1) is 0 Å². The molecule has 0 radical (unpaired) electrons. The zero-order chi connectivity index (χ0) is 26.2. The molecule has 1 saturated heterocycles.